The van der Waals surface area contributed by atoms with Gasteiger partial charge in [0.05, 0.1) is 6.61 Å². The first-order valence-corrected chi connectivity index (χ1v) is 8.56. The Morgan fingerprint density at radius 2 is 1.79 bits per heavy atom. The van der Waals surface area contributed by atoms with Crippen molar-refractivity contribution in [3.8, 4) is 0 Å². The molecule has 0 radical (unpaired) electrons. The molecule has 1 aromatic carbocycles. The van der Waals surface area contributed by atoms with Crippen LogP contribution >= 0.6 is 11.6 Å². The van der Waals surface area contributed by atoms with Gasteiger partial charge in [0.1, 0.15) is 6.10 Å². The summed E-state index contributed by atoms with van der Waals surface area (Å²) in [6, 6.07) is 7.06. The second-order valence-corrected chi connectivity index (χ2v) is 6.62. The molecule has 1 aliphatic carbocycles. The van der Waals surface area contributed by atoms with Crippen molar-refractivity contribution < 1.29 is 19.1 Å². The Hall–Kier alpha value is -1.63. The molecule has 1 heterocycles. The fourth-order valence-corrected chi connectivity index (χ4v) is 3.17. The Balaban J connectivity index is 1.38. The summed E-state index contributed by atoms with van der Waals surface area (Å²) in [5, 5.41) is 5.80. The Kier molecular flexibility index (Phi) is 5.38. The van der Waals surface area contributed by atoms with E-state index in [2.05, 4.69) is 10.6 Å². The molecule has 3 rings (SSSR count). The van der Waals surface area contributed by atoms with Gasteiger partial charge in [0.2, 0.25) is 0 Å². The molecule has 1 aromatic rings. The van der Waals surface area contributed by atoms with Crippen LogP contribution in [-0.4, -0.2) is 36.9 Å². The molecular weight excluding hydrogens is 332 g/mol. The fourth-order valence-electron chi connectivity index (χ4n) is 3.04. The highest BCUT2D eigenvalue weighted by Gasteiger charge is 2.43. The largest absolute Gasteiger partial charge is 0.347 e. The molecule has 2 N–H and O–H groups in total. The number of carbonyl (C=O) groups excluding carboxylic acids is 2. The summed E-state index contributed by atoms with van der Waals surface area (Å²) < 4.78 is 11.6. The average molecular weight is 353 g/mol. The van der Waals surface area contributed by atoms with Gasteiger partial charge in [-0.05, 0) is 30.5 Å². The van der Waals surface area contributed by atoms with Gasteiger partial charge >= 0.3 is 11.8 Å². The number of ether oxygens (including phenoxy) is 2. The minimum absolute atomic E-state index is 0.198. The van der Waals surface area contributed by atoms with Crippen LogP contribution in [0.5, 0.6) is 0 Å². The molecule has 6 nitrogen and oxygen atoms in total. The van der Waals surface area contributed by atoms with Crippen LogP contribution in [0.2, 0.25) is 5.02 Å². The molecule has 1 saturated carbocycles. The van der Waals surface area contributed by atoms with Gasteiger partial charge in [0.25, 0.3) is 0 Å². The molecule has 0 bridgehead atoms. The molecule has 0 unspecified atom stereocenters. The second-order valence-electron chi connectivity index (χ2n) is 6.19. The summed E-state index contributed by atoms with van der Waals surface area (Å²) in [6.45, 7) is 0.997. The van der Waals surface area contributed by atoms with E-state index < -0.39 is 17.6 Å². The SMILES string of the molecule is O=C(NCc1ccc(Cl)cc1)C(=O)NC[C@H]1COC2(CCCC2)O1. The van der Waals surface area contributed by atoms with Crippen molar-refractivity contribution in [3.05, 3.63) is 34.9 Å². The highest BCUT2D eigenvalue weighted by molar-refractivity contribution is 6.35. The van der Waals surface area contributed by atoms with E-state index in [0.717, 1.165) is 31.2 Å². The van der Waals surface area contributed by atoms with E-state index in [4.69, 9.17) is 21.1 Å². The maximum absolute atomic E-state index is 11.8. The summed E-state index contributed by atoms with van der Waals surface area (Å²) in [6.07, 6.45) is 3.81. The van der Waals surface area contributed by atoms with Crippen LogP contribution in [0.4, 0.5) is 0 Å². The predicted octanol–water partition coefficient (Wildman–Crippen LogP) is 1.76. The zero-order valence-corrected chi connectivity index (χ0v) is 14.1. The first-order valence-electron chi connectivity index (χ1n) is 8.19. The minimum Gasteiger partial charge on any atom is -0.347 e. The third-order valence-corrected chi connectivity index (χ3v) is 4.59. The van der Waals surface area contributed by atoms with E-state index in [1.54, 1.807) is 24.3 Å². The summed E-state index contributed by atoms with van der Waals surface area (Å²) in [7, 11) is 0. The Morgan fingerprint density at radius 3 is 2.50 bits per heavy atom. The van der Waals surface area contributed by atoms with Gasteiger partial charge in [-0.2, -0.15) is 0 Å². The van der Waals surface area contributed by atoms with Crippen LogP contribution in [0, 0.1) is 0 Å². The zero-order valence-electron chi connectivity index (χ0n) is 13.3. The monoisotopic (exact) mass is 352 g/mol. The fraction of sp³-hybridized carbons (Fsp3) is 0.529. The van der Waals surface area contributed by atoms with Gasteiger partial charge < -0.3 is 20.1 Å². The summed E-state index contributed by atoms with van der Waals surface area (Å²) in [5.41, 5.74) is 0.872. The van der Waals surface area contributed by atoms with Crippen LogP contribution in [-0.2, 0) is 25.6 Å². The lowest BCUT2D eigenvalue weighted by Crippen LogP contribution is -2.43. The van der Waals surface area contributed by atoms with Crippen LogP contribution in [0.15, 0.2) is 24.3 Å². The third kappa shape index (κ3) is 4.26. The number of rotatable bonds is 4. The Bertz CT molecular complexity index is 599. The number of nitrogens with one attached hydrogen (secondary N) is 2. The van der Waals surface area contributed by atoms with Crippen molar-refractivity contribution in [1.29, 1.82) is 0 Å². The topological polar surface area (TPSA) is 76.7 Å². The third-order valence-electron chi connectivity index (χ3n) is 4.34. The highest BCUT2D eigenvalue weighted by atomic mass is 35.5. The smallest absolute Gasteiger partial charge is 0.309 e. The minimum atomic E-state index is -0.667. The molecular formula is C17H21ClN2O4. The van der Waals surface area contributed by atoms with Gasteiger partial charge in [-0.15, -0.1) is 0 Å². The molecule has 1 atom stereocenters. The van der Waals surface area contributed by atoms with Crippen LogP contribution in [0.1, 0.15) is 31.2 Å². The lowest BCUT2D eigenvalue weighted by molar-refractivity contribution is -0.161. The molecule has 130 valence electrons. The van der Waals surface area contributed by atoms with Crippen LogP contribution in [0.3, 0.4) is 0 Å². The molecule has 2 fully saturated rings. The lowest BCUT2D eigenvalue weighted by atomic mass is 10.2. The Labute approximate surface area is 145 Å². The van der Waals surface area contributed by atoms with E-state index in [-0.39, 0.29) is 19.2 Å². The molecule has 2 aliphatic rings. The number of amides is 2. The number of hydrogen-bond acceptors (Lipinski definition) is 4. The maximum Gasteiger partial charge on any atom is 0.309 e. The normalized spacial score (nSPS) is 21.8. The van der Waals surface area contributed by atoms with Gasteiger partial charge in [0, 0.05) is 31.0 Å². The number of benzene rings is 1. The first-order chi connectivity index (χ1) is 11.6. The molecule has 24 heavy (non-hydrogen) atoms. The summed E-state index contributed by atoms with van der Waals surface area (Å²) in [4.78, 5) is 23.7. The van der Waals surface area contributed by atoms with Crippen molar-refractivity contribution in [1.82, 2.24) is 10.6 Å². The van der Waals surface area contributed by atoms with Crippen LogP contribution < -0.4 is 10.6 Å². The van der Waals surface area contributed by atoms with E-state index in [1.165, 1.54) is 0 Å². The molecule has 1 aliphatic heterocycles. The van der Waals surface area contributed by atoms with Gasteiger partial charge in [-0.1, -0.05) is 23.7 Å². The van der Waals surface area contributed by atoms with E-state index in [1.807, 2.05) is 0 Å². The number of carbonyl (C=O) groups is 2. The molecule has 2 amide bonds. The molecule has 7 heteroatoms. The molecule has 1 saturated heterocycles. The van der Waals surface area contributed by atoms with E-state index in [9.17, 15) is 9.59 Å². The number of hydrogen-bond donors (Lipinski definition) is 2. The summed E-state index contributed by atoms with van der Waals surface area (Å²) in [5.74, 6) is -1.79. The van der Waals surface area contributed by atoms with Crippen molar-refractivity contribution in [3.63, 3.8) is 0 Å². The standard InChI is InChI=1S/C17H21ClN2O4/c18-13-5-3-12(4-6-13)9-19-15(21)16(22)20-10-14-11-23-17(24-14)7-1-2-8-17/h3-6,14H,1-2,7-11H2,(H,19,21)(H,20,22)/t14-/m0/s1. The maximum atomic E-state index is 11.8. The zero-order chi connectivity index (χ0) is 17.0. The quantitative estimate of drug-likeness (QED) is 0.809. The van der Waals surface area contributed by atoms with Crippen molar-refractivity contribution in [2.24, 2.45) is 0 Å². The van der Waals surface area contributed by atoms with E-state index >= 15 is 0 Å². The summed E-state index contributed by atoms with van der Waals surface area (Å²) >= 11 is 5.80. The lowest BCUT2D eigenvalue weighted by Gasteiger charge is -2.21. The molecule has 1 spiro atoms. The predicted molar refractivity (Wildman–Crippen MR) is 88.3 cm³/mol. The van der Waals surface area contributed by atoms with Crippen LogP contribution in [0.25, 0.3) is 0 Å². The number of halogens is 1. The van der Waals surface area contributed by atoms with Gasteiger partial charge in [-0.25, -0.2) is 0 Å². The first kappa shape index (κ1) is 17.2. The highest BCUT2D eigenvalue weighted by Crippen LogP contribution is 2.38. The van der Waals surface area contributed by atoms with Crippen molar-refractivity contribution >= 4 is 23.4 Å². The molecule has 0 aromatic heterocycles. The van der Waals surface area contributed by atoms with Gasteiger partial charge in [-0.3, -0.25) is 9.59 Å². The second kappa shape index (κ2) is 7.51. The van der Waals surface area contributed by atoms with E-state index in [0.29, 0.717) is 11.6 Å². The van der Waals surface area contributed by atoms with Crippen molar-refractivity contribution in [2.45, 2.75) is 44.1 Å². The van der Waals surface area contributed by atoms with Gasteiger partial charge in [0.15, 0.2) is 5.79 Å². The van der Waals surface area contributed by atoms with Crippen molar-refractivity contribution in [2.75, 3.05) is 13.2 Å². The Morgan fingerprint density at radius 1 is 1.12 bits per heavy atom. The average Bonchev–Trinajstić information content (AvgIpc) is 3.22.